The normalized spacial score (nSPS) is 14.9. The van der Waals surface area contributed by atoms with Gasteiger partial charge < -0.3 is 5.73 Å². The van der Waals surface area contributed by atoms with Crippen LogP contribution >= 0.6 is 15.9 Å². The summed E-state index contributed by atoms with van der Waals surface area (Å²) in [5.41, 5.74) is 6.17. The topological polar surface area (TPSA) is 26.0 Å². The summed E-state index contributed by atoms with van der Waals surface area (Å²) in [4.78, 5) is 0. The fourth-order valence-corrected chi connectivity index (χ4v) is 2.05. The van der Waals surface area contributed by atoms with E-state index >= 15 is 0 Å². The van der Waals surface area contributed by atoms with Crippen molar-refractivity contribution in [2.45, 2.75) is 32.7 Å². The van der Waals surface area contributed by atoms with E-state index in [1.54, 1.807) is 0 Å². The molecule has 0 heterocycles. The molecule has 0 aromatic heterocycles. The van der Waals surface area contributed by atoms with Crippen molar-refractivity contribution in [2.24, 2.45) is 11.7 Å². The zero-order valence-corrected chi connectivity index (χ0v) is 11.0. The molecule has 0 amide bonds. The van der Waals surface area contributed by atoms with Gasteiger partial charge >= 0.3 is 0 Å². The van der Waals surface area contributed by atoms with Gasteiger partial charge in [-0.25, -0.2) is 8.78 Å². The Morgan fingerprint density at radius 3 is 2.50 bits per heavy atom. The second kappa shape index (κ2) is 5.73. The standard InChI is InChI=1S/C12H16BrF2N/c1-3-4-7(2)12(16)8-5-11(15)9(13)6-10(8)14/h5-7,12H,3-4,16H2,1-2H3. The van der Waals surface area contributed by atoms with Crippen molar-refractivity contribution in [1.82, 2.24) is 0 Å². The van der Waals surface area contributed by atoms with Gasteiger partial charge in [0.15, 0.2) is 0 Å². The summed E-state index contributed by atoms with van der Waals surface area (Å²) in [6.45, 7) is 4.00. The predicted octanol–water partition coefficient (Wildman–Crippen LogP) is 4.16. The summed E-state index contributed by atoms with van der Waals surface area (Å²) in [6, 6.07) is 1.85. The minimum absolute atomic E-state index is 0.129. The van der Waals surface area contributed by atoms with Crippen LogP contribution in [0, 0.1) is 17.6 Å². The number of halogens is 3. The largest absolute Gasteiger partial charge is 0.324 e. The quantitative estimate of drug-likeness (QED) is 0.828. The molecular formula is C12H16BrF2N. The molecule has 0 saturated heterocycles. The number of rotatable bonds is 4. The van der Waals surface area contributed by atoms with Gasteiger partial charge in [-0.15, -0.1) is 0 Å². The Hall–Kier alpha value is -0.480. The molecule has 0 aliphatic rings. The van der Waals surface area contributed by atoms with Gasteiger partial charge in [-0.1, -0.05) is 20.3 Å². The molecule has 2 atom stereocenters. The van der Waals surface area contributed by atoms with E-state index in [1.807, 2.05) is 13.8 Å². The zero-order chi connectivity index (χ0) is 12.3. The molecule has 0 bridgehead atoms. The average Bonchev–Trinajstić information content (AvgIpc) is 2.23. The molecule has 16 heavy (non-hydrogen) atoms. The van der Waals surface area contributed by atoms with E-state index in [0.29, 0.717) is 0 Å². The maximum atomic E-state index is 13.6. The summed E-state index contributed by atoms with van der Waals surface area (Å²) in [5.74, 6) is -0.792. The lowest BCUT2D eigenvalue weighted by Crippen LogP contribution is -2.20. The first-order valence-electron chi connectivity index (χ1n) is 5.37. The molecule has 0 aliphatic carbocycles. The van der Waals surface area contributed by atoms with E-state index in [4.69, 9.17) is 5.73 Å². The van der Waals surface area contributed by atoms with E-state index < -0.39 is 17.7 Å². The van der Waals surface area contributed by atoms with Crippen LogP contribution in [0.3, 0.4) is 0 Å². The third-order valence-corrected chi connectivity index (χ3v) is 3.36. The highest BCUT2D eigenvalue weighted by atomic mass is 79.9. The summed E-state index contributed by atoms with van der Waals surface area (Å²) < 4.78 is 27.0. The molecule has 0 spiro atoms. The molecule has 0 radical (unpaired) electrons. The van der Waals surface area contributed by atoms with Crippen molar-refractivity contribution in [3.8, 4) is 0 Å². The Morgan fingerprint density at radius 1 is 1.31 bits per heavy atom. The molecule has 0 saturated carbocycles. The average molecular weight is 292 g/mol. The van der Waals surface area contributed by atoms with Crippen molar-refractivity contribution >= 4 is 15.9 Å². The molecule has 0 aliphatic heterocycles. The van der Waals surface area contributed by atoms with Gasteiger partial charge in [0.25, 0.3) is 0 Å². The highest BCUT2D eigenvalue weighted by molar-refractivity contribution is 9.10. The first-order valence-corrected chi connectivity index (χ1v) is 6.16. The van der Waals surface area contributed by atoms with E-state index in [2.05, 4.69) is 15.9 Å². The third-order valence-electron chi connectivity index (χ3n) is 2.76. The fraction of sp³-hybridized carbons (Fsp3) is 0.500. The molecule has 0 fully saturated rings. The Kier molecular flexibility index (Phi) is 4.87. The number of hydrogen-bond acceptors (Lipinski definition) is 1. The molecular weight excluding hydrogens is 276 g/mol. The smallest absolute Gasteiger partial charge is 0.137 e. The molecule has 1 aromatic rings. The van der Waals surface area contributed by atoms with Gasteiger partial charge in [-0.2, -0.15) is 0 Å². The number of hydrogen-bond donors (Lipinski definition) is 1. The monoisotopic (exact) mass is 291 g/mol. The van der Waals surface area contributed by atoms with Gasteiger partial charge in [0.1, 0.15) is 11.6 Å². The lowest BCUT2D eigenvalue weighted by molar-refractivity contribution is 0.417. The van der Waals surface area contributed by atoms with Gasteiger partial charge in [-0.3, -0.25) is 0 Å². The number of nitrogens with two attached hydrogens (primary N) is 1. The number of benzene rings is 1. The van der Waals surface area contributed by atoms with Crippen LogP contribution in [0.5, 0.6) is 0 Å². The summed E-state index contributed by atoms with van der Waals surface area (Å²) in [7, 11) is 0. The fourth-order valence-electron chi connectivity index (χ4n) is 1.73. The van der Waals surface area contributed by atoms with Crippen molar-refractivity contribution in [3.63, 3.8) is 0 Å². The first-order chi connectivity index (χ1) is 7.47. The van der Waals surface area contributed by atoms with Crippen LogP contribution in [-0.2, 0) is 0 Å². The van der Waals surface area contributed by atoms with E-state index in [9.17, 15) is 8.78 Å². The zero-order valence-electron chi connectivity index (χ0n) is 9.43. The molecule has 1 rings (SSSR count). The highest BCUT2D eigenvalue weighted by Gasteiger charge is 2.19. The minimum Gasteiger partial charge on any atom is -0.324 e. The summed E-state index contributed by atoms with van der Waals surface area (Å²) >= 11 is 2.94. The van der Waals surface area contributed by atoms with Crippen molar-refractivity contribution in [3.05, 3.63) is 33.8 Å². The highest BCUT2D eigenvalue weighted by Crippen LogP contribution is 2.28. The second-order valence-electron chi connectivity index (χ2n) is 4.08. The molecule has 2 N–H and O–H groups in total. The lowest BCUT2D eigenvalue weighted by atomic mass is 9.91. The van der Waals surface area contributed by atoms with Crippen LogP contribution in [0.25, 0.3) is 0 Å². The molecule has 1 nitrogen and oxygen atoms in total. The molecule has 4 heteroatoms. The maximum absolute atomic E-state index is 13.6. The van der Waals surface area contributed by atoms with E-state index in [1.165, 1.54) is 6.07 Å². The molecule has 1 aromatic carbocycles. The van der Waals surface area contributed by atoms with E-state index in [-0.39, 0.29) is 16.0 Å². The third kappa shape index (κ3) is 3.01. The lowest BCUT2D eigenvalue weighted by Gasteiger charge is -2.20. The molecule has 2 unspecified atom stereocenters. The van der Waals surface area contributed by atoms with E-state index in [0.717, 1.165) is 18.9 Å². The van der Waals surface area contributed by atoms with Crippen molar-refractivity contribution < 1.29 is 8.78 Å². The van der Waals surface area contributed by atoms with Gasteiger partial charge in [0.2, 0.25) is 0 Å². The first kappa shape index (κ1) is 13.6. The van der Waals surface area contributed by atoms with Crippen LogP contribution in [0.15, 0.2) is 16.6 Å². The Labute approximate surface area is 103 Å². The molecule has 90 valence electrons. The SMILES string of the molecule is CCCC(C)C(N)c1cc(F)c(Br)cc1F. The maximum Gasteiger partial charge on any atom is 0.137 e. The van der Waals surface area contributed by atoms with Gasteiger partial charge in [-0.05, 0) is 40.4 Å². The second-order valence-corrected chi connectivity index (χ2v) is 4.93. The van der Waals surface area contributed by atoms with Crippen LogP contribution in [0.2, 0.25) is 0 Å². The minimum atomic E-state index is -0.476. The van der Waals surface area contributed by atoms with Gasteiger partial charge in [0.05, 0.1) is 4.47 Å². The van der Waals surface area contributed by atoms with Crippen LogP contribution in [0.1, 0.15) is 38.3 Å². The Bertz CT molecular complexity index is 368. The van der Waals surface area contributed by atoms with Crippen molar-refractivity contribution in [1.29, 1.82) is 0 Å². The van der Waals surface area contributed by atoms with Crippen LogP contribution in [0.4, 0.5) is 8.78 Å². The van der Waals surface area contributed by atoms with Crippen molar-refractivity contribution in [2.75, 3.05) is 0 Å². The van der Waals surface area contributed by atoms with Crippen LogP contribution < -0.4 is 5.73 Å². The summed E-state index contributed by atoms with van der Waals surface area (Å²) in [6.07, 6.45) is 1.88. The predicted molar refractivity (Wildman–Crippen MR) is 65.1 cm³/mol. The van der Waals surface area contributed by atoms with Gasteiger partial charge in [0, 0.05) is 11.6 Å². The Morgan fingerprint density at radius 2 is 1.94 bits per heavy atom. The van der Waals surface area contributed by atoms with Crippen LogP contribution in [-0.4, -0.2) is 0 Å². The summed E-state index contributed by atoms with van der Waals surface area (Å²) in [5, 5.41) is 0. The Balaban J connectivity index is 2.99.